The van der Waals surface area contributed by atoms with Crippen LogP contribution in [-0.2, 0) is 4.79 Å². The van der Waals surface area contributed by atoms with E-state index in [1.54, 1.807) is 7.05 Å². The van der Waals surface area contributed by atoms with Crippen molar-refractivity contribution in [2.45, 2.75) is 0 Å². The lowest BCUT2D eigenvalue weighted by molar-refractivity contribution is -0.120. The second kappa shape index (κ2) is 2.73. The van der Waals surface area contributed by atoms with Crippen molar-refractivity contribution in [3.05, 3.63) is 24.0 Å². The van der Waals surface area contributed by atoms with Crippen molar-refractivity contribution in [3.8, 4) is 5.75 Å². The van der Waals surface area contributed by atoms with Crippen LogP contribution in [-0.4, -0.2) is 19.6 Å². The van der Waals surface area contributed by atoms with Gasteiger partial charge < -0.3 is 9.64 Å². The minimum atomic E-state index is -0.371. The number of carbonyl (C=O) groups excluding carboxylic acids is 1. The molecule has 1 aliphatic heterocycles. The van der Waals surface area contributed by atoms with Crippen molar-refractivity contribution in [1.82, 2.24) is 0 Å². The smallest absolute Gasteiger partial charge is 0.264 e. The molecule has 0 radical (unpaired) electrons. The number of rotatable bonds is 0. The molecule has 0 spiro atoms. The highest BCUT2D eigenvalue weighted by atomic mass is 19.1. The highest BCUT2D eigenvalue weighted by Gasteiger charge is 2.22. The molecule has 0 atom stereocenters. The number of carbonyl (C=O) groups is 1. The Bertz CT molecular complexity index is 365. The lowest BCUT2D eigenvalue weighted by atomic mass is 10.2. The summed E-state index contributed by atoms with van der Waals surface area (Å²) in [5, 5.41) is 0. The molecule has 0 saturated heterocycles. The molecule has 0 N–H and O–H groups in total. The first-order valence-corrected chi connectivity index (χ1v) is 3.87. The predicted molar refractivity (Wildman–Crippen MR) is 45.3 cm³/mol. The van der Waals surface area contributed by atoms with E-state index in [1.165, 1.54) is 23.1 Å². The number of halogens is 1. The predicted octanol–water partition coefficient (Wildman–Crippen LogP) is 1.18. The van der Waals surface area contributed by atoms with Crippen molar-refractivity contribution in [3.63, 3.8) is 0 Å². The monoisotopic (exact) mass is 181 g/mol. The highest BCUT2D eigenvalue weighted by molar-refractivity contribution is 5.97. The number of anilines is 1. The highest BCUT2D eigenvalue weighted by Crippen LogP contribution is 2.31. The lowest BCUT2D eigenvalue weighted by Gasteiger charge is -2.25. The van der Waals surface area contributed by atoms with Crippen LogP contribution in [0.2, 0.25) is 0 Å². The Balaban J connectivity index is 2.51. The summed E-state index contributed by atoms with van der Waals surface area (Å²) in [7, 11) is 1.60. The van der Waals surface area contributed by atoms with Crippen molar-refractivity contribution in [2.24, 2.45) is 0 Å². The number of benzene rings is 1. The van der Waals surface area contributed by atoms with Gasteiger partial charge in [-0.05, 0) is 12.1 Å². The molecule has 1 aliphatic rings. The largest absolute Gasteiger partial charge is 0.482 e. The fourth-order valence-corrected chi connectivity index (χ4v) is 1.25. The zero-order valence-corrected chi connectivity index (χ0v) is 7.08. The molecule has 0 aliphatic carbocycles. The minimum Gasteiger partial charge on any atom is -0.482 e. The molecule has 0 aromatic heterocycles. The quantitative estimate of drug-likeness (QED) is 0.601. The van der Waals surface area contributed by atoms with Crippen LogP contribution in [0, 0.1) is 5.82 Å². The number of ether oxygens (including phenoxy) is 1. The Morgan fingerprint density at radius 3 is 3.08 bits per heavy atom. The van der Waals surface area contributed by atoms with Crippen molar-refractivity contribution in [2.75, 3.05) is 18.6 Å². The summed E-state index contributed by atoms with van der Waals surface area (Å²) in [6, 6.07) is 4.11. The maximum Gasteiger partial charge on any atom is 0.264 e. The summed E-state index contributed by atoms with van der Waals surface area (Å²) in [5.74, 6) is 0.00509. The second-order valence-electron chi connectivity index (χ2n) is 2.85. The van der Waals surface area contributed by atoms with Gasteiger partial charge in [0, 0.05) is 13.1 Å². The van der Waals surface area contributed by atoms with Gasteiger partial charge in [0.25, 0.3) is 5.91 Å². The van der Waals surface area contributed by atoms with Crippen LogP contribution in [0.15, 0.2) is 18.2 Å². The summed E-state index contributed by atoms with van der Waals surface area (Å²) >= 11 is 0. The third kappa shape index (κ3) is 1.24. The van der Waals surface area contributed by atoms with E-state index in [1.807, 2.05) is 0 Å². The van der Waals surface area contributed by atoms with E-state index in [-0.39, 0.29) is 18.3 Å². The van der Waals surface area contributed by atoms with E-state index in [2.05, 4.69) is 0 Å². The maximum absolute atomic E-state index is 12.8. The van der Waals surface area contributed by atoms with E-state index in [0.29, 0.717) is 11.4 Å². The zero-order chi connectivity index (χ0) is 9.42. The number of nitrogens with zero attached hydrogens (tertiary/aromatic N) is 1. The number of fused-ring (bicyclic) bond motifs is 1. The second-order valence-corrected chi connectivity index (χ2v) is 2.85. The molecular weight excluding hydrogens is 173 g/mol. The minimum absolute atomic E-state index is 0.0229. The van der Waals surface area contributed by atoms with Crippen molar-refractivity contribution >= 4 is 11.6 Å². The Morgan fingerprint density at radius 2 is 2.31 bits per heavy atom. The maximum atomic E-state index is 12.8. The van der Waals surface area contributed by atoms with E-state index in [9.17, 15) is 9.18 Å². The molecule has 1 aromatic carbocycles. The molecule has 1 aromatic rings. The summed E-state index contributed by atoms with van der Waals surface area (Å²) in [6.45, 7) is 0.0229. The molecule has 0 saturated carbocycles. The van der Waals surface area contributed by atoms with Gasteiger partial charge in [-0.25, -0.2) is 4.39 Å². The van der Waals surface area contributed by atoms with Crippen LogP contribution in [0.5, 0.6) is 5.75 Å². The molecule has 4 heteroatoms. The molecule has 13 heavy (non-hydrogen) atoms. The van der Waals surface area contributed by atoms with Gasteiger partial charge in [0.15, 0.2) is 6.61 Å². The van der Waals surface area contributed by atoms with Gasteiger partial charge >= 0.3 is 0 Å². The average Bonchev–Trinajstić information content (AvgIpc) is 2.12. The third-order valence-corrected chi connectivity index (χ3v) is 2.01. The van der Waals surface area contributed by atoms with Gasteiger partial charge in [-0.1, -0.05) is 0 Å². The van der Waals surface area contributed by atoms with Crippen LogP contribution < -0.4 is 9.64 Å². The Morgan fingerprint density at radius 1 is 1.54 bits per heavy atom. The average molecular weight is 181 g/mol. The molecular formula is C9H8FNO2. The first kappa shape index (κ1) is 8.04. The van der Waals surface area contributed by atoms with Crippen LogP contribution in [0.25, 0.3) is 0 Å². The molecule has 3 nitrogen and oxygen atoms in total. The van der Waals surface area contributed by atoms with E-state index in [4.69, 9.17) is 4.74 Å². The van der Waals surface area contributed by atoms with E-state index >= 15 is 0 Å². The molecule has 0 bridgehead atoms. The first-order valence-electron chi connectivity index (χ1n) is 3.87. The Labute approximate surface area is 74.7 Å². The summed E-state index contributed by atoms with van der Waals surface area (Å²) in [4.78, 5) is 12.5. The molecule has 68 valence electrons. The number of hydrogen-bond acceptors (Lipinski definition) is 2. The standard InChI is InChI=1S/C9H8FNO2/c1-11-7-4-6(10)2-3-8(7)13-5-9(11)12/h2-4H,5H2,1H3. The van der Waals surface area contributed by atoms with Crippen molar-refractivity contribution < 1.29 is 13.9 Å². The van der Waals surface area contributed by atoms with Crippen molar-refractivity contribution in [1.29, 1.82) is 0 Å². The summed E-state index contributed by atoms with van der Waals surface area (Å²) < 4.78 is 17.9. The van der Waals surface area contributed by atoms with Crippen LogP contribution in [0.3, 0.4) is 0 Å². The zero-order valence-electron chi connectivity index (χ0n) is 7.08. The molecule has 2 rings (SSSR count). The molecule has 1 amide bonds. The molecule has 1 heterocycles. The fraction of sp³-hybridized carbons (Fsp3) is 0.222. The fourth-order valence-electron chi connectivity index (χ4n) is 1.25. The third-order valence-electron chi connectivity index (χ3n) is 2.01. The van der Waals surface area contributed by atoms with E-state index < -0.39 is 0 Å². The van der Waals surface area contributed by atoms with Crippen LogP contribution in [0.1, 0.15) is 0 Å². The van der Waals surface area contributed by atoms with Crippen LogP contribution in [0.4, 0.5) is 10.1 Å². The van der Waals surface area contributed by atoms with E-state index in [0.717, 1.165) is 0 Å². The van der Waals surface area contributed by atoms with Gasteiger partial charge in [-0.3, -0.25) is 4.79 Å². The van der Waals surface area contributed by atoms with Crippen LogP contribution >= 0.6 is 0 Å². The van der Waals surface area contributed by atoms with Gasteiger partial charge in [0.05, 0.1) is 5.69 Å². The van der Waals surface area contributed by atoms with Gasteiger partial charge in [0.1, 0.15) is 11.6 Å². The lowest BCUT2D eigenvalue weighted by Crippen LogP contribution is -2.35. The van der Waals surface area contributed by atoms with Gasteiger partial charge in [-0.15, -0.1) is 0 Å². The topological polar surface area (TPSA) is 29.5 Å². The first-order chi connectivity index (χ1) is 6.18. The molecule has 0 fully saturated rings. The normalized spacial score (nSPS) is 15.2. The van der Waals surface area contributed by atoms with Gasteiger partial charge in [0.2, 0.25) is 0 Å². The molecule has 0 unspecified atom stereocenters. The number of likely N-dealkylation sites (N-methyl/N-ethyl adjacent to an activating group) is 1. The number of hydrogen-bond donors (Lipinski definition) is 0. The summed E-state index contributed by atoms with van der Waals surface area (Å²) in [6.07, 6.45) is 0. The Hall–Kier alpha value is -1.58. The van der Waals surface area contributed by atoms with Gasteiger partial charge in [-0.2, -0.15) is 0 Å². The number of amides is 1. The Kier molecular flexibility index (Phi) is 1.69. The SMILES string of the molecule is CN1C(=O)COc2ccc(F)cc21. The summed E-state index contributed by atoms with van der Waals surface area (Å²) in [5.41, 5.74) is 0.483.